The van der Waals surface area contributed by atoms with E-state index in [-0.39, 0.29) is 19.0 Å². The third-order valence-electron chi connectivity index (χ3n) is 4.90. The molecular weight excluding hydrogens is 376 g/mol. The van der Waals surface area contributed by atoms with Crippen LogP contribution in [0, 0.1) is 13.8 Å². The predicted molar refractivity (Wildman–Crippen MR) is 108 cm³/mol. The van der Waals surface area contributed by atoms with Crippen molar-refractivity contribution in [3.05, 3.63) is 59.2 Å². The molecule has 0 saturated carbocycles. The van der Waals surface area contributed by atoms with Crippen LogP contribution in [-0.2, 0) is 10.0 Å². The average molecular weight is 403 g/mol. The van der Waals surface area contributed by atoms with Crippen LogP contribution in [0.25, 0.3) is 0 Å². The molecule has 0 N–H and O–H groups in total. The molecule has 1 saturated heterocycles. The summed E-state index contributed by atoms with van der Waals surface area (Å²) in [6.07, 6.45) is 0. The van der Waals surface area contributed by atoms with Gasteiger partial charge < -0.3 is 9.64 Å². The third kappa shape index (κ3) is 4.05. The number of aryl methyl sites for hydroxylation is 2. The minimum absolute atomic E-state index is 0.132. The van der Waals surface area contributed by atoms with Gasteiger partial charge in [-0.1, -0.05) is 24.3 Å². The topological polar surface area (TPSA) is 66.9 Å². The number of nitrogens with zero attached hydrogens (tertiary/aromatic N) is 2. The van der Waals surface area contributed by atoms with Crippen LogP contribution in [0.3, 0.4) is 0 Å². The molecule has 0 atom stereocenters. The monoisotopic (exact) mass is 402 g/mol. The van der Waals surface area contributed by atoms with Gasteiger partial charge >= 0.3 is 0 Å². The van der Waals surface area contributed by atoms with Gasteiger partial charge in [0.15, 0.2) is 0 Å². The summed E-state index contributed by atoms with van der Waals surface area (Å²) < 4.78 is 33.1. The smallest absolute Gasteiger partial charge is 0.257 e. The second-order valence-electron chi connectivity index (χ2n) is 6.89. The minimum atomic E-state index is -3.58. The Morgan fingerprint density at radius 3 is 2.39 bits per heavy atom. The van der Waals surface area contributed by atoms with Gasteiger partial charge in [0.1, 0.15) is 5.75 Å². The highest BCUT2D eigenvalue weighted by atomic mass is 32.2. The Labute approximate surface area is 166 Å². The van der Waals surface area contributed by atoms with Crippen molar-refractivity contribution in [2.45, 2.75) is 25.7 Å². The van der Waals surface area contributed by atoms with Crippen molar-refractivity contribution < 1.29 is 17.9 Å². The summed E-state index contributed by atoms with van der Waals surface area (Å²) >= 11 is 0. The van der Waals surface area contributed by atoms with Crippen molar-refractivity contribution in [3.63, 3.8) is 0 Å². The average Bonchev–Trinajstić information content (AvgIpc) is 2.70. The number of benzene rings is 2. The van der Waals surface area contributed by atoms with Crippen LogP contribution < -0.4 is 4.74 Å². The number of hydrogen-bond donors (Lipinski definition) is 0. The lowest BCUT2D eigenvalue weighted by molar-refractivity contribution is 0.0693. The van der Waals surface area contributed by atoms with Gasteiger partial charge in [-0.15, -0.1) is 0 Å². The summed E-state index contributed by atoms with van der Waals surface area (Å²) in [4.78, 5) is 14.9. The Morgan fingerprint density at radius 2 is 1.71 bits per heavy atom. The highest BCUT2D eigenvalue weighted by Crippen LogP contribution is 2.24. The zero-order chi connectivity index (χ0) is 20.3. The molecule has 2 aromatic rings. The number of hydrogen-bond acceptors (Lipinski definition) is 4. The van der Waals surface area contributed by atoms with Crippen molar-refractivity contribution in [1.29, 1.82) is 0 Å². The van der Waals surface area contributed by atoms with E-state index in [9.17, 15) is 13.2 Å². The summed E-state index contributed by atoms with van der Waals surface area (Å²) in [5.41, 5.74) is 2.15. The first-order chi connectivity index (χ1) is 13.3. The maximum atomic E-state index is 13.0. The molecule has 0 spiro atoms. The number of rotatable bonds is 5. The molecule has 0 aliphatic carbocycles. The zero-order valence-electron chi connectivity index (χ0n) is 16.5. The molecule has 0 bridgehead atoms. The van der Waals surface area contributed by atoms with Gasteiger partial charge in [-0.05, 0) is 50.1 Å². The fraction of sp³-hybridized carbons (Fsp3) is 0.381. The number of para-hydroxylation sites is 1. The summed E-state index contributed by atoms with van der Waals surface area (Å²) in [7, 11) is -3.58. The lowest BCUT2D eigenvalue weighted by Gasteiger charge is -2.34. The first-order valence-electron chi connectivity index (χ1n) is 9.43. The van der Waals surface area contributed by atoms with Gasteiger partial charge in [0.25, 0.3) is 5.91 Å². The summed E-state index contributed by atoms with van der Waals surface area (Å²) in [5.74, 6) is 0.424. The van der Waals surface area contributed by atoms with Crippen molar-refractivity contribution in [1.82, 2.24) is 9.21 Å². The van der Waals surface area contributed by atoms with Gasteiger partial charge in [0, 0.05) is 26.2 Å². The van der Waals surface area contributed by atoms with Crippen LogP contribution in [-0.4, -0.2) is 56.3 Å². The van der Waals surface area contributed by atoms with E-state index in [1.165, 1.54) is 4.31 Å². The largest absolute Gasteiger partial charge is 0.493 e. The number of carbonyl (C=O) groups is 1. The highest BCUT2D eigenvalue weighted by Gasteiger charge is 2.32. The van der Waals surface area contributed by atoms with E-state index in [2.05, 4.69) is 0 Å². The lowest BCUT2D eigenvalue weighted by atomic mass is 10.1. The number of ether oxygens (including phenoxy) is 1. The van der Waals surface area contributed by atoms with E-state index in [0.29, 0.717) is 35.9 Å². The molecule has 0 aromatic heterocycles. The number of piperazine rings is 1. The molecule has 6 nitrogen and oxygen atoms in total. The maximum absolute atomic E-state index is 13.0. The molecule has 1 aliphatic rings. The van der Waals surface area contributed by atoms with Gasteiger partial charge in [-0.25, -0.2) is 8.42 Å². The standard InChI is InChI=1S/C21H26N2O4S/c1-4-27-19-8-6-5-7-18(19)21(24)22-11-13-23(14-12-22)28(25,26)20-15-16(2)9-10-17(20)3/h5-10,15H,4,11-14H2,1-3H3. The van der Waals surface area contributed by atoms with Crippen LogP contribution in [0.2, 0.25) is 0 Å². The Hall–Kier alpha value is -2.38. The van der Waals surface area contributed by atoms with E-state index < -0.39 is 10.0 Å². The predicted octanol–water partition coefficient (Wildman–Crippen LogP) is 2.85. The molecule has 1 heterocycles. The molecule has 7 heteroatoms. The molecule has 1 fully saturated rings. The Bertz CT molecular complexity index is 964. The van der Waals surface area contributed by atoms with Crippen molar-refractivity contribution in [3.8, 4) is 5.75 Å². The van der Waals surface area contributed by atoms with Crippen molar-refractivity contribution in [2.24, 2.45) is 0 Å². The highest BCUT2D eigenvalue weighted by molar-refractivity contribution is 7.89. The van der Waals surface area contributed by atoms with E-state index in [0.717, 1.165) is 11.1 Å². The van der Waals surface area contributed by atoms with E-state index in [4.69, 9.17) is 4.74 Å². The molecule has 3 rings (SSSR count). The minimum Gasteiger partial charge on any atom is -0.493 e. The lowest BCUT2D eigenvalue weighted by Crippen LogP contribution is -2.50. The second-order valence-corrected chi connectivity index (χ2v) is 8.80. The van der Waals surface area contributed by atoms with Gasteiger partial charge in [0.05, 0.1) is 17.1 Å². The zero-order valence-corrected chi connectivity index (χ0v) is 17.3. The molecule has 28 heavy (non-hydrogen) atoms. The van der Waals surface area contributed by atoms with Crippen molar-refractivity contribution >= 4 is 15.9 Å². The normalized spacial score (nSPS) is 15.5. The molecular formula is C21H26N2O4S. The van der Waals surface area contributed by atoms with Crippen LogP contribution in [0.15, 0.2) is 47.4 Å². The molecule has 1 aliphatic heterocycles. The molecule has 1 amide bonds. The fourth-order valence-corrected chi connectivity index (χ4v) is 5.08. The Balaban J connectivity index is 1.74. The van der Waals surface area contributed by atoms with Crippen LogP contribution in [0.1, 0.15) is 28.4 Å². The van der Waals surface area contributed by atoms with Gasteiger partial charge in [-0.2, -0.15) is 4.31 Å². The van der Waals surface area contributed by atoms with Gasteiger partial charge in [0.2, 0.25) is 10.0 Å². The fourth-order valence-electron chi connectivity index (χ4n) is 3.35. The maximum Gasteiger partial charge on any atom is 0.257 e. The Morgan fingerprint density at radius 1 is 1.04 bits per heavy atom. The molecule has 0 radical (unpaired) electrons. The summed E-state index contributed by atoms with van der Waals surface area (Å²) in [5, 5.41) is 0. The van der Waals surface area contributed by atoms with E-state index in [1.54, 1.807) is 36.1 Å². The molecule has 150 valence electrons. The van der Waals surface area contributed by atoms with E-state index in [1.807, 2.05) is 32.0 Å². The van der Waals surface area contributed by atoms with Crippen LogP contribution >= 0.6 is 0 Å². The summed E-state index contributed by atoms with van der Waals surface area (Å²) in [6.45, 7) is 7.29. The van der Waals surface area contributed by atoms with Crippen molar-refractivity contribution in [2.75, 3.05) is 32.8 Å². The first-order valence-corrected chi connectivity index (χ1v) is 10.9. The van der Waals surface area contributed by atoms with Gasteiger partial charge in [-0.3, -0.25) is 4.79 Å². The third-order valence-corrected chi connectivity index (χ3v) is 6.95. The first kappa shape index (κ1) is 20.4. The number of amides is 1. The molecule has 0 unspecified atom stereocenters. The summed E-state index contributed by atoms with van der Waals surface area (Å²) in [6, 6.07) is 12.6. The quantitative estimate of drug-likeness (QED) is 0.771. The number of carbonyl (C=O) groups excluding carboxylic acids is 1. The number of sulfonamides is 1. The SMILES string of the molecule is CCOc1ccccc1C(=O)N1CCN(S(=O)(=O)c2cc(C)ccc2C)CC1. The second kappa shape index (κ2) is 8.32. The van der Waals surface area contributed by atoms with Crippen LogP contribution in [0.5, 0.6) is 5.75 Å². The van der Waals surface area contributed by atoms with Crippen LogP contribution in [0.4, 0.5) is 0 Å². The Kier molecular flexibility index (Phi) is 6.05. The van der Waals surface area contributed by atoms with E-state index >= 15 is 0 Å². The molecule has 2 aromatic carbocycles.